The highest BCUT2D eigenvalue weighted by atomic mass is 16.5. The van der Waals surface area contributed by atoms with E-state index in [4.69, 9.17) is 25.7 Å². The molecule has 3 saturated heterocycles. The Balaban J connectivity index is 1.31. The van der Waals surface area contributed by atoms with Crippen LogP contribution < -0.4 is 15.4 Å². The Morgan fingerprint density at radius 1 is 1.07 bits per heavy atom. The maximum Gasteiger partial charge on any atom is 0.319 e. The van der Waals surface area contributed by atoms with Crippen LogP contribution in [0.4, 0.5) is 5.82 Å². The van der Waals surface area contributed by atoms with Crippen molar-refractivity contribution in [3.63, 3.8) is 0 Å². The van der Waals surface area contributed by atoms with E-state index in [0.29, 0.717) is 31.7 Å². The molecule has 0 amide bonds. The molecule has 0 aliphatic carbocycles. The lowest BCUT2D eigenvalue weighted by Gasteiger charge is -2.42. The van der Waals surface area contributed by atoms with Crippen molar-refractivity contribution in [3.05, 3.63) is 54.6 Å². The lowest BCUT2D eigenvalue weighted by Crippen LogP contribution is -2.57. The predicted octanol–water partition coefficient (Wildman–Crippen LogP) is 4.08. The number of piperazine rings is 1. The number of fused-ring (bicyclic) bond motifs is 4. The van der Waals surface area contributed by atoms with Crippen molar-refractivity contribution in [1.29, 1.82) is 5.26 Å². The smallest absolute Gasteiger partial charge is 0.319 e. The van der Waals surface area contributed by atoms with Gasteiger partial charge in [-0.05, 0) is 85.4 Å². The number of hydrogen-bond acceptors (Lipinski definition) is 8. The predicted molar refractivity (Wildman–Crippen MR) is 163 cm³/mol. The monoisotopic (exact) mass is 562 g/mol. The Hall–Kier alpha value is -4.62. The number of ether oxygens (including phenoxy) is 1. The molecule has 0 spiro atoms. The number of nitrogens with two attached hydrogens (primary N) is 1. The number of likely N-dealkylation sites (tertiary alicyclic amines) is 2. The molecule has 10 nitrogen and oxygen atoms in total. The van der Waals surface area contributed by atoms with Crippen molar-refractivity contribution in [1.82, 2.24) is 19.8 Å². The van der Waals surface area contributed by atoms with Crippen LogP contribution in [0.5, 0.6) is 11.8 Å². The molecule has 0 saturated carbocycles. The lowest BCUT2D eigenvalue weighted by atomic mass is 9.97. The van der Waals surface area contributed by atoms with Gasteiger partial charge in [0, 0.05) is 36.6 Å². The van der Waals surface area contributed by atoms with Crippen molar-refractivity contribution >= 4 is 33.5 Å². The molecule has 10 heteroatoms. The van der Waals surface area contributed by atoms with Crippen molar-refractivity contribution in [2.75, 3.05) is 38.2 Å². The minimum atomic E-state index is 0.179. The number of hydrogen-bond donors (Lipinski definition) is 2. The van der Waals surface area contributed by atoms with Gasteiger partial charge in [0.2, 0.25) is 12.2 Å². The fourth-order valence-electron chi connectivity index (χ4n) is 6.97. The minimum Gasteiger partial charge on any atom is -0.508 e. The van der Waals surface area contributed by atoms with Gasteiger partial charge in [0.15, 0.2) is 0 Å². The van der Waals surface area contributed by atoms with E-state index < -0.39 is 0 Å². The van der Waals surface area contributed by atoms with Crippen LogP contribution in [-0.4, -0.2) is 82.2 Å². The molecule has 3 aromatic carbocycles. The maximum atomic E-state index is 10.5. The number of nitrogens with zero attached hydrogens (tertiary/aromatic N) is 7. The van der Waals surface area contributed by atoms with Crippen molar-refractivity contribution < 1.29 is 9.84 Å². The number of aliphatic imine (C=N–C) groups is 1. The summed E-state index contributed by atoms with van der Waals surface area (Å²) in [5.74, 6) is 1.37. The fourth-order valence-corrected chi connectivity index (χ4v) is 6.97. The molecule has 1 aromatic heterocycles. The molecule has 214 valence electrons. The molecule has 0 unspecified atom stereocenters. The number of rotatable bonds is 5. The topological polar surface area (TPSA) is 127 Å². The Morgan fingerprint density at radius 3 is 2.64 bits per heavy atom. The van der Waals surface area contributed by atoms with Crippen molar-refractivity contribution in [2.24, 2.45) is 10.7 Å². The van der Waals surface area contributed by atoms with Crippen LogP contribution in [0.25, 0.3) is 32.8 Å². The van der Waals surface area contributed by atoms with Gasteiger partial charge in [0.1, 0.15) is 18.2 Å². The normalized spacial score (nSPS) is 22.7. The summed E-state index contributed by atoms with van der Waals surface area (Å²) < 4.78 is 6.30. The van der Waals surface area contributed by atoms with Gasteiger partial charge in [-0.3, -0.25) is 0 Å². The number of phenols is 1. The molecular formula is C32H34N8O2. The number of aromatic hydroxyl groups is 1. The molecule has 3 aliphatic heterocycles. The van der Waals surface area contributed by atoms with Gasteiger partial charge in [-0.25, -0.2) is 0 Å². The van der Waals surface area contributed by atoms with Crippen molar-refractivity contribution in [2.45, 2.75) is 43.8 Å². The molecular weight excluding hydrogens is 528 g/mol. The summed E-state index contributed by atoms with van der Waals surface area (Å²) in [6.45, 7) is 2.97. The van der Waals surface area contributed by atoms with Crippen molar-refractivity contribution in [3.8, 4) is 29.1 Å². The van der Waals surface area contributed by atoms with E-state index in [0.717, 1.165) is 64.4 Å². The third-order valence-corrected chi connectivity index (χ3v) is 9.11. The Bertz CT molecular complexity index is 1720. The van der Waals surface area contributed by atoms with Gasteiger partial charge in [0.25, 0.3) is 0 Å². The highest BCUT2D eigenvalue weighted by molar-refractivity contribution is 6.01. The molecule has 3 fully saturated rings. The summed E-state index contributed by atoms with van der Waals surface area (Å²) >= 11 is 0. The summed E-state index contributed by atoms with van der Waals surface area (Å²) in [5.41, 5.74) is 8.82. The largest absolute Gasteiger partial charge is 0.508 e. The molecule has 3 N–H and O–H groups in total. The van der Waals surface area contributed by atoms with E-state index in [9.17, 15) is 5.11 Å². The maximum absolute atomic E-state index is 10.5. The van der Waals surface area contributed by atoms with E-state index in [1.807, 2.05) is 35.4 Å². The second kappa shape index (κ2) is 10.7. The second-order valence-corrected chi connectivity index (χ2v) is 11.6. The van der Waals surface area contributed by atoms with Crippen LogP contribution >= 0.6 is 0 Å². The second-order valence-electron chi connectivity index (χ2n) is 11.6. The molecule has 42 heavy (non-hydrogen) atoms. The first-order valence-corrected chi connectivity index (χ1v) is 14.6. The molecule has 4 aromatic rings. The first-order chi connectivity index (χ1) is 20.5. The van der Waals surface area contributed by atoms with Crippen LogP contribution in [-0.2, 0) is 0 Å². The van der Waals surface area contributed by atoms with Gasteiger partial charge in [-0.1, -0.05) is 30.3 Å². The standard InChI is InChI=1S/C32H34N8O2/c1-38-12-4-6-24(38)18-42-32-36-29-14-21(28-15-25(41)13-20-5-2-3-7-26(20)28)8-11-27(29)30(37-32)40-22-9-10-23(40)17-39(16-22)31(34)35-19-33/h2-3,5,7-8,11,13-15,22-24,41H,4,6,9-10,12,16-18H2,1H3,(H2,34,35)/t22-,23+,24-/m0/s1. The quantitative estimate of drug-likeness (QED) is 0.210. The van der Waals surface area contributed by atoms with E-state index in [1.54, 1.807) is 6.07 Å². The zero-order valence-electron chi connectivity index (χ0n) is 23.6. The number of guanidine groups is 1. The number of nitriles is 1. The number of likely N-dealkylation sites (N-methyl/N-ethyl adjacent to an activating group) is 1. The SMILES string of the molecule is CN1CCC[C@H]1COc1nc(N2[C@@H]3CC[C@H]2CN(C(N)=NC#N)C3)c2ccc(-c3cc(O)cc4ccccc34)cc2n1. The molecule has 4 heterocycles. The Labute approximate surface area is 244 Å². The van der Waals surface area contributed by atoms with Crippen LogP contribution in [0.3, 0.4) is 0 Å². The molecule has 3 atom stereocenters. The summed E-state index contributed by atoms with van der Waals surface area (Å²) in [4.78, 5) is 20.5. The lowest BCUT2D eigenvalue weighted by molar-refractivity contribution is 0.188. The summed E-state index contributed by atoms with van der Waals surface area (Å²) in [6.07, 6.45) is 6.09. The number of anilines is 1. The zero-order valence-corrected chi connectivity index (χ0v) is 23.6. The van der Waals surface area contributed by atoms with Gasteiger partial charge < -0.3 is 30.3 Å². The number of phenolic OH excluding ortho intramolecular Hbond substituents is 1. The van der Waals surface area contributed by atoms with Crippen LogP contribution in [0.2, 0.25) is 0 Å². The van der Waals surface area contributed by atoms with E-state index in [1.165, 1.54) is 6.42 Å². The van der Waals surface area contributed by atoms with Crippen LogP contribution in [0.15, 0.2) is 59.6 Å². The molecule has 2 bridgehead atoms. The molecule has 0 radical (unpaired) electrons. The summed E-state index contributed by atoms with van der Waals surface area (Å²) in [7, 11) is 2.14. The van der Waals surface area contributed by atoms with Gasteiger partial charge in [0.05, 0.1) is 5.52 Å². The van der Waals surface area contributed by atoms with E-state index in [2.05, 4.69) is 46.1 Å². The zero-order chi connectivity index (χ0) is 28.8. The third-order valence-electron chi connectivity index (χ3n) is 9.11. The first kappa shape index (κ1) is 26.3. The number of aromatic nitrogens is 2. The van der Waals surface area contributed by atoms with Gasteiger partial charge >= 0.3 is 6.01 Å². The Kier molecular flexibility index (Phi) is 6.67. The highest BCUT2D eigenvalue weighted by Crippen LogP contribution is 2.40. The number of benzene rings is 3. The molecule has 7 rings (SSSR count). The van der Waals surface area contributed by atoms with Gasteiger partial charge in [-0.15, -0.1) is 4.99 Å². The van der Waals surface area contributed by atoms with E-state index >= 15 is 0 Å². The van der Waals surface area contributed by atoms with Crippen LogP contribution in [0.1, 0.15) is 25.7 Å². The highest BCUT2D eigenvalue weighted by Gasteiger charge is 2.42. The average Bonchev–Trinajstić information content (AvgIpc) is 3.52. The minimum absolute atomic E-state index is 0.179. The van der Waals surface area contributed by atoms with Gasteiger partial charge in [-0.2, -0.15) is 15.2 Å². The fraction of sp³-hybridized carbons (Fsp3) is 0.375. The summed E-state index contributed by atoms with van der Waals surface area (Å²) in [6, 6.07) is 19.0. The van der Waals surface area contributed by atoms with E-state index in [-0.39, 0.29) is 23.8 Å². The average molecular weight is 563 g/mol. The summed E-state index contributed by atoms with van der Waals surface area (Å²) in [5, 5.41) is 22.5. The molecule has 3 aliphatic rings. The van der Waals surface area contributed by atoms with Crippen LogP contribution in [0, 0.1) is 11.5 Å². The Morgan fingerprint density at radius 2 is 1.88 bits per heavy atom. The first-order valence-electron chi connectivity index (χ1n) is 14.6. The third kappa shape index (κ3) is 4.69.